The van der Waals surface area contributed by atoms with Crippen molar-refractivity contribution in [2.24, 2.45) is 0 Å². The van der Waals surface area contributed by atoms with Crippen LogP contribution in [-0.2, 0) is 0 Å². The molecule has 2 heterocycles. The van der Waals surface area contributed by atoms with Gasteiger partial charge in [0.1, 0.15) is 12.4 Å². The van der Waals surface area contributed by atoms with Crippen molar-refractivity contribution in [3.63, 3.8) is 0 Å². The molecule has 0 saturated carbocycles. The molecule has 4 aromatic rings. The number of hydrogen-bond acceptors (Lipinski definition) is 5. The van der Waals surface area contributed by atoms with E-state index in [1.54, 1.807) is 12.2 Å². The van der Waals surface area contributed by atoms with Gasteiger partial charge < -0.3 is 4.74 Å². The number of fused-ring (bicyclic) bond motifs is 1. The van der Waals surface area contributed by atoms with E-state index < -0.39 is 0 Å². The summed E-state index contributed by atoms with van der Waals surface area (Å²) in [5.41, 5.74) is 1.69. The fourth-order valence-corrected chi connectivity index (χ4v) is 3.67. The number of benzene rings is 2. The fourth-order valence-electron chi connectivity index (χ4n) is 2.63. The van der Waals surface area contributed by atoms with Crippen molar-refractivity contribution in [3.8, 4) is 5.75 Å². The van der Waals surface area contributed by atoms with Gasteiger partial charge in [-0.15, -0.1) is 5.10 Å². The molecule has 0 unspecified atom stereocenters. The van der Waals surface area contributed by atoms with Gasteiger partial charge in [-0.2, -0.15) is 9.50 Å². The third-order valence-electron chi connectivity index (χ3n) is 4.04. The molecule has 29 heavy (non-hydrogen) atoms. The van der Waals surface area contributed by atoms with Crippen LogP contribution in [0.25, 0.3) is 23.2 Å². The molecule has 0 radical (unpaired) electrons. The van der Waals surface area contributed by atoms with Crippen molar-refractivity contribution in [3.05, 3.63) is 98.0 Å². The molecule has 0 N–H and O–H groups in total. The smallest absolute Gasteiger partial charge is 0.291 e. The maximum atomic E-state index is 12.6. The molecule has 0 aliphatic rings. The van der Waals surface area contributed by atoms with E-state index >= 15 is 0 Å². The molecule has 5 nitrogen and oxygen atoms in total. The molecular weight excluding hydrogens is 406 g/mol. The number of nitrogens with zero attached hydrogens (tertiary/aromatic N) is 3. The van der Waals surface area contributed by atoms with Crippen LogP contribution in [0.2, 0.25) is 5.02 Å². The third-order valence-corrected chi connectivity index (χ3v) is 5.25. The monoisotopic (exact) mass is 421 g/mol. The van der Waals surface area contributed by atoms with Gasteiger partial charge in [-0.3, -0.25) is 4.79 Å². The van der Waals surface area contributed by atoms with Crippen LogP contribution < -0.4 is 14.8 Å². The highest BCUT2D eigenvalue weighted by Crippen LogP contribution is 2.14. The van der Waals surface area contributed by atoms with E-state index in [-0.39, 0.29) is 5.56 Å². The van der Waals surface area contributed by atoms with Gasteiger partial charge in [-0.1, -0.05) is 65.9 Å². The highest BCUT2D eigenvalue weighted by Gasteiger charge is 2.08. The highest BCUT2D eigenvalue weighted by atomic mass is 35.5. The van der Waals surface area contributed by atoms with E-state index in [2.05, 4.69) is 16.7 Å². The molecule has 7 heteroatoms. The second kappa shape index (κ2) is 8.43. The van der Waals surface area contributed by atoms with Crippen LogP contribution in [0.1, 0.15) is 17.0 Å². The first-order valence-corrected chi connectivity index (χ1v) is 10.0. The SMILES string of the molecule is C=CCOc1ccc(C=c2sc3nc(C=Cc4ccc(Cl)cc4)nn3c2=O)cc1. The first-order valence-electron chi connectivity index (χ1n) is 8.81. The quantitative estimate of drug-likeness (QED) is 0.440. The van der Waals surface area contributed by atoms with E-state index in [0.717, 1.165) is 16.9 Å². The second-order valence-corrected chi connectivity index (χ2v) is 7.58. The van der Waals surface area contributed by atoms with E-state index in [1.807, 2.05) is 60.7 Å². The molecule has 2 aromatic carbocycles. The largest absolute Gasteiger partial charge is 0.490 e. The van der Waals surface area contributed by atoms with Gasteiger partial charge in [0.05, 0.1) is 4.53 Å². The molecule has 0 atom stereocenters. The van der Waals surface area contributed by atoms with Crippen molar-refractivity contribution >= 4 is 46.1 Å². The minimum atomic E-state index is -0.185. The van der Waals surface area contributed by atoms with E-state index in [1.165, 1.54) is 15.9 Å². The summed E-state index contributed by atoms with van der Waals surface area (Å²) < 4.78 is 7.38. The van der Waals surface area contributed by atoms with Crippen LogP contribution in [0, 0.1) is 0 Å². The first kappa shape index (κ1) is 19.1. The number of rotatable bonds is 6. The van der Waals surface area contributed by atoms with Gasteiger partial charge in [-0.25, -0.2) is 0 Å². The van der Waals surface area contributed by atoms with Gasteiger partial charge >= 0.3 is 0 Å². The molecular formula is C22H16ClN3O2S. The van der Waals surface area contributed by atoms with Gasteiger partial charge in [0.25, 0.3) is 5.56 Å². The molecule has 0 spiro atoms. The fraction of sp³-hybridized carbons (Fsp3) is 0.0455. The number of hydrogen-bond donors (Lipinski definition) is 0. The van der Waals surface area contributed by atoms with Gasteiger partial charge in [0, 0.05) is 5.02 Å². The zero-order chi connectivity index (χ0) is 20.2. The van der Waals surface area contributed by atoms with Crippen molar-refractivity contribution in [1.82, 2.24) is 14.6 Å². The number of halogens is 1. The van der Waals surface area contributed by atoms with Gasteiger partial charge in [-0.05, 0) is 47.5 Å². The summed E-state index contributed by atoms with van der Waals surface area (Å²) in [7, 11) is 0. The lowest BCUT2D eigenvalue weighted by Crippen LogP contribution is -2.23. The Morgan fingerprint density at radius 1 is 1.07 bits per heavy atom. The lowest BCUT2D eigenvalue weighted by molar-refractivity contribution is 0.363. The summed E-state index contributed by atoms with van der Waals surface area (Å²) in [6.07, 6.45) is 7.16. The summed E-state index contributed by atoms with van der Waals surface area (Å²) in [6.45, 7) is 4.08. The van der Waals surface area contributed by atoms with Crippen LogP contribution in [0.3, 0.4) is 0 Å². The zero-order valence-electron chi connectivity index (χ0n) is 15.3. The van der Waals surface area contributed by atoms with Crippen LogP contribution >= 0.6 is 22.9 Å². The maximum Gasteiger partial charge on any atom is 0.291 e. The Kier molecular flexibility index (Phi) is 5.55. The summed E-state index contributed by atoms with van der Waals surface area (Å²) in [4.78, 5) is 17.6. The molecule has 4 rings (SSSR count). The number of ether oxygens (including phenoxy) is 1. The summed E-state index contributed by atoms with van der Waals surface area (Å²) in [5.74, 6) is 1.24. The first-order chi connectivity index (χ1) is 14.1. The van der Waals surface area contributed by atoms with Crippen LogP contribution in [0.5, 0.6) is 5.75 Å². The maximum absolute atomic E-state index is 12.6. The summed E-state index contributed by atoms with van der Waals surface area (Å²) >= 11 is 7.19. The summed E-state index contributed by atoms with van der Waals surface area (Å²) in [6, 6.07) is 14.9. The Morgan fingerprint density at radius 3 is 2.48 bits per heavy atom. The van der Waals surface area contributed by atoms with E-state index in [4.69, 9.17) is 16.3 Å². The molecule has 0 saturated heterocycles. The second-order valence-electron chi connectivity index (χ2n) is 6.13. The van der Waals surface area contributed by atoms with Gasteiger partial charge in [0.2, 0.25) is 4.96 Å². The Bertz CT molecular complexity index is 1290. The van der Waals surface area contributed by atoms with Gasteiger partial charge in [0.15, 0.2) is 5.82 Å². The lowest BCUT2D eigenvalue weighted by Gasteiger charge is -2.02. The average molecular weight is 422 g/mol. The number of aromatic nitrogens is 3. The molecule has 0 aliphatic carbocycles. The predicted octanol–water partition coefficient (Wildman–Crippen LogP) is 4.09. The Labute approximate surface area is 175 Å². The minimum Gasteiger partial charge on any atom is -0.490 e. The molecule has 0 bridgehead atoms. The molecule has 144 valence electrons. The Morgan fingerprint density at radius 2 is 1.79 bits per heavy atom. The van der Waals surface area contributed by atoms with Crippen molar-refractivity contribution in [1.29, 1.82) is 0 Å². The topological polar surface area (TPSA) is 56.5 Å². The molecule has 0 amide bonds. The minimum absolute atomic E-state index is 0.185. The number of thiazole rings is 1. The normalized spacial score (nSPS) is 12.1. The zero-order valence-corrected chi connectivity index (χ0v) is 16.9. The van der Waals surface area contributed by atoms with Crippen LogP contribution in [0.15, 0.2) is 66.0 Å². The average Bonchev–Trinajstić information content (AvgIpc) is 3.26. The van der Waals surface area contributed by atoms with Crippen molar-refractivity contribution in [2.75, 3.05) is 6.61 Å². The predicted molar refractivity (Wildman–Crippen MR) is 118 cm³/mol. The highest BCUT2D eigenvalue weighted by molar-refractivity contribution is 7.15. The molecule has 2 aromatic heterocycles. The Hall–Kier alpha value is -3.22. The Balaban J connectivity index is 1.58. The van der Waals surface area contributed by atoms with Crippen LogP contribution in [-0.4, -0.2) is 21.2 Å². The van der Waals surface area contributed by atoms with E-state index in [9.17, 15) is 4.79 Å². The molecule has 0 fully saturated rings. The lowest BCUT2D eigenvalue weighted by atomic mass is 10.2. The standard InChI is InChI=1S/C22H16ClN3O2S/c1-2-13-28-18-10-5-16(6-11-18)14-19-21(27)26-22(29-19)24-20(25-26)12-7-15-3-8-17(23)9-4-15/h2-12,14H,1,13H2. The third kappa shape index (κ3) is 4.45. The summed E-state index contributed by atoms with van der Waals surface area (Å²) in [5, 5.41) is 4.98. The molecule has 0 aliphatic heterocycles. The van der Waals surface area contributed by atoms with Crippen LogP contribution in [0.4, 0.5) is 0 Å². The van der Waals surface area contributed by atoms with E-state index in [0.29, 0.717) is 26.9 Å². The van der Waals surface area contributed by atoms with Crippen molar-refractivity contribution in [2.45, 2.75) is 0 Å². The van der Waals surface area contributed by atoms with Crippen molar-refractivity contribution < 1.29 is 4.74 Å².